The highest BCUT2D eigenvalue weighted by Gasteiger charge is 2.53. The minimum atomic E-state index is -0.714. The fourth-order valence-corrected chi connectivity index (χ4v) is 6.03. The highest BCUT2D eigenvalue weighted by Crippen LogP contribution is 2.49. The molecule has 0 saturated heterocycles. The summed E-state index contributed by atoms with van der Waals surface area (Å²) in [6.45, 7) is 3.68. The number of thiazole rings is 1. The van der Waals surface area contributed by atoms with Gasteiger partial charge in [0.2, 0.25) is 0 Å². The van der Waals surface area contributed by atoms with Crippen molar-refractivity contribution in [3.05, 3.63) is 51.7 Å². The Hall–Kier alpha value is -3.20. The van der Waals surface area contributed by atoms with Crippen molar-refractivity contribution >= 4 is 34.1 Å². The van der Waals surface area contributed by atoms with Crippen LogP contribution in [0.15, 0.2) is 35.6 Å². The SMILES string of the molecule is CCOC(=O)c1sc(N2C(=O)C3=C(C(=O)C4CCCCC4O3)C2c2cccc(OC)c2)nc1C. The van der Waals surface area contributed by atoms with Gasteiger partial charge in [-0.2, -0.15) is 0 Å². The van der Waals surface area contributed by atoms with Crippen molar-refractivity contribution < 1.29 is 28.6 Å². The third-order valence-corrected chi connectivity index (χ3v) is 7.76. The summed E-state index contributed by atoms with van der Waals surface area (Å²) < 4.78 is 16.8. The van der Waals surface area contributed by atoms with Crippen LogP contribution in [0.1, 0.15) is 59.6 Å². The summed E-state index contributed by atoms with van der Waals surface area (Å²) in [4.78, 5) is 46.2. The van der Waals surface area contributed by atoms with E-state index in [9.17, 15) is 14.4 Å². The molecule has 9 heteroatoms. The van der Waals surface area contributed by atoms with Crippen LogP contribution in [-0.4, -0.2) is 42.5 Å². The van der Waals surface area contributed by atoms with Gasteiger partial charge in [0.25, 0.3) is 5.91 Å². The molecule has 1 aliphatic carbocycles. The summed E-state index contributed by atoms with van der Waals surface area (Å²) in [5.41, 5.74) is 1.56. The molecule has 1 amide bonds. The number of methoxy groups -OCH3 is 1. The molecule has 2 aliphatic heterocycles. The van der Waals surface area contributed by atoms with E-state index in [1.807, 2.05) is 24.3 Å². The van der Waals surface area contributed by atoms with Gasteiger partial charge in [0.15, 0.2) is 16.7 Å². The summed E-state index contributed by atoms with van der Waals surface area (Å²) in [6.07, 6.45) is 3.18. The Kier molecular flexibility index (Phi) is 5.89. The van der Waals surface area contributed by atoms with Crippen LogP contribution in [0.3, 0.4) is 0 Å². The molecule has 1 aromatic carbocycles. The predicted octanol–water partition coefficient (Wildman–Crippen LogP) is 4.14. The molecule has 0 radical (unpaired) electrons. The number of rotatable bonds is 5. The van der Waals surface area contributed by atoms with Gasteiger partial charge in [-0.15, -0.1) is 0 Å². The van der Waals surface area contributed by atoms with Gasteiger partial charge >= 0.3 is 5.97 Å². The molecular formula is C25H26N2O6S. The second kappa shape index (κ2) is 8.87. The normalized spacial score (nSPS) is 24.0. The number of carbonyl (C=O) groups excluding carboxylic acids is 3. The number of nitrogens with zero attached hydrogens (tertiary/aromatic N) is 2. The van der Waals surface area contributed by atoms with E-state index in [0.717, 1.165) is 42.6 Å². The Balaban J connectivity index is 1.63. The second-order valence-electron chi connectivity index (χ2n) is 8.64. The number of ether oxygens (including phenoxy) is 3. The number of hydrogen-bond donors (Lipinski definition) is 0. The Bertz CT molecular complexity index is 1200. The summed E-state index contributed by atoms with van der Waals surface area (Å²) >= 11 is 1.08. The fraction of sp³-hybridized carbons (Fsp3) is 0.440. The summed E-state index contributed by atoms with van der Waals surface area (Å²) in [7, 11) is 1.57. The first-order valence-corrected chi connectivity index (χ1v) is 12.3. The quantitative estimate of drug-likeness (QED) is 0.591. The molecule has 1 saturated carbocycles. The zero-order valence-corrected chi connectivity index (χ0v) is 20.1. The zero-order chi connectivity index (χ0) is 24.0. The van der Waals surface area contributed by atoms with E-state index < -0.39 is 17.9 Å². The average molecular weight is 483 g/mol. The lowest BCUT2D eigenvalue weighted by Gasteiger charge is -2.35. The van der Waals surface area contributed by atoms with Crippen molar-refractivity contribution in [1.82, 2.24) is 4.98 Å². The van der Waals surface area contributed by atoms with E-state index in [1.54, 1.807) is 21.0 Å². The standard InChI is InChI=1S/C25H26N2O6S/c1-4-32-24(30)22-13(2)26-25(34-22)27-19(14-8-7-9-15(12-14)31-3)18-20(28)16-10-5-6-11-17(16)33-21(18)23(27)29/h7-9,12,16-17,19H,4-6,10-11H2,1-3H3. The van der Waals surface area contributed by atoms with Crippen molar-refractivity contribution in [2.45, 2.75) is 51.7 Å². The fourth-order valence-electron chi connectivity index (χ4n) is 5.04. The molecule has 8 nitrogen and oxygen atoms in total. The summed E-state index contributed by atoms with van der Waals surface area (Å²) in [6, 6.07) is 6.59. The van der Waals surface area contributed by atoms with Crippen LogP contribution >= 0.6 is 11.3 Å². The third-order valence-electron chi connectivity index (χ3n) is 6.63. The minimum Gasteiger partial charge on any atom is -0.497 e. The molecule has 3 aliphatic rings. The maximum Gasteiger partial charge on any atom is 0.350 e. The lowest BCUT2D eigenvalue weighted by atomic mass is 9.77. The number of aromatic nitrogens is 1. The van der Waals surface area contributed by atoms with E-state index in [4.69, 9.17) is 14.2 Å². The van der Waals surface area contributed by atoms with Crippen molar-refractivity contribution in [1.29, 1.82) is 0 Å². The number of amides is 1. The van der Waals surface area contributed by atoms with Gasteiger partial charge in [-0.05, 0) is 50.8 Å². The first kappa shape index (κ1) is 22.6. The van der Waals surface area contributed by atoms with E-state index in [0.29, 0.717) is 27.0 Å². The monoisotopic (exact) mass is 482 g/mol. The van der Waals surface area contributed by atoms with Crippen LogP contribution in [-0.2, 0) is 19.1 Å². The number of benzene rings is 1. The molecule has 5 rings (SSSR count). The van der Waals surface area contributed by atoms with Crippen molar-refractivity contribution in [2.75, 3.05) is 18.6 Å². The number of carbonyl (C=O) groups is 3. The lowest BCUT2D eigenvalue weighted by molar-refractivity contribution is -0.131. The number of hydrogen-bond acceptors (Lipinski definition) is 8. The molecule has 3 atom stereocenters. The molecule has 0 N–H and O–H groups in total. The Labute approximate surface area is 201 Å². The van der Waals surface area contributed by atoms with Crippen LogP contribution in [0.4, 0.5) is 5.13 Å². The maximum atomic E-state index is 13.7. The highest BCUT2D eigenvalue weighted by atomic mass is 32.1. The molecule has 0 bridgehead atoms. The number of esters is 1. The number of fused-ring (bicyclic) bond motifs is 1. The zero-order valence-electron chi connectivity index (χ0n) is 19.3. The molecule has 1 aromatic heterocycles. The van der Waals surface area contributed by atoms with Crippen LogP contribution in [0, 0.1) is 12.8 Å². The predicted molar refractivity (Wildman–Crippen MR) is 125 cm³/mol. The van der Waals surface area contributed by atoms with E-state index in [1.165, 1.54) is 4.90 Å². The topological polar surface area (TPSA) is 95.0 Å². The molecule has 34 heavy (non-hydrogen) atoms. The molecule has 1 fully saturated rings. The maximum absolute atomic E-state index is 13.7. The van der Waals surface area contributed by atoms with Gasteiger partial charge in [-0.3, -0.25) is 14.5 Å². The smallest absolute Gasteiger partial charge is 0.350 e. The highest BCUT2D eigenvalue weighted by molar-refractivity contribution is 7.17. The van der Waals surface area contributed by atoms with Crippen LogP contribution in [0.25, 0.3) is 0 Å². The molecule has 0 spiro atoms. The number of anilines is 1. The summed E-state index contributed by atoms with van der Waals surface area (Å²) in [5.74, 6) is -0.462. The number of aryl methyl sites for hydroxylation is 1. The third kappa shape index (κ3) is 3.58. The molecule has 178 valence electrons. The van der Waals surface area contributed by atoms with Gasteiger partial charge in [-0.1, -0.05) is 29.9 Å². The van der Waals surface area contributed by atoms with Gasteiger partial charge in [0.05, 0.1) is 36.9 Å². The van der Waals surface area contributed by atoms with Gasteiger partial charge < -0.3 is 14.2 Å². The van der Waals surface area contributed by atoms with E-state index in [2.05, 4.69) is 4.98 Å². The Morgan fingerprint density at radius 1 is 1.26 bits per heavy atom. The first-order chi connectivity index (χ1) is 16.4. The number of ketones is 1. The summed E-state index contributed by atoms with van der Waals surface area (Å²) in [5, 5.41) is 0.326. The van der Waals surface area contributed by atoms with E-state index >= 15 is 0 Å². The van der Waals surface area contributed by atoms with Gasteiger partial charge in [0, 0.05) is 0 Å². The largest absolute Gasteiger partial charge is 0.497 e. The molecule has 3 heterocycles. The molecular weight excluding hydrogens is 456 g/mol. The average Bonchev–Trinajstić information content (AvgIpc) is 3.37. The lowest BCUT2D eigenvalue weighted by Crippen LogP contribution is -2.39. The van der Waals surface area contributed by atoms with Crippen LogP contribution in [0.5, 0.6) is 5.75 Å². The van der Waals surface area contributed by atoms with E-state index in [-0.39, 0.29) is 30.2 Å². The van der Waals surface area contributed by atoms with Gasteiger partial charge in [-0.25, -0.2) is 9.78 Å². The second-order valence-corrected chi connectivity index (χ2v) is 9.62. The minimum absolute atomic E-state index is 0.0338. The molecule has 2 aromatic rings. The van der Waals surface area contributed by atoms with Crippen molar-refractivity contribution in [3.63, 3.8) is 0 Å². The van der Waals surface area contributed by atoms with Crippen molar-refractivity contribution in [2.24, 2.45) is 5.92 Å². The number of Topliss-reactive ketones (excluding diaryl/α,β-unsaturated/α-hetero) is 1. The van der Waals surface area contributed by atoms with Crippen LogP contribution < -0.4 is 9.64 Å². The first-order valence-electron chi connectivity index (χ1n) is 11.5. The Morgan fingerprint density at radius 3 is 2.82 bits per heavy atom. The van der Waals surface area contributed by atoms with Crippen LogP contribution in [0.2, 0.25) is 0 Å². The Morgan fingerprint density at radius 2 is 2.06 bits per heavy atom. The van der Waals surface area contributed by atoms with Gasteiger partial charge in [0.1, 0.15) is 16.7 Å². The van der Waals surface area contributed by atoms with Crippen molar-refractivity contribution in [3.8, 4) is 5.75 Å². The molecule has 3 unspecified atom stereocenters.